The van der Waals surface area contributed by atoms with E-state index in [1.165, 1.54) is 6.07 Å². The average molecular weight is 303 g/mol. The van der Waals surface area contributed by atoms with Crippen molar-refractivity contribution < 1.29 is 17.6 Å². The topological polar surface area (TPSA) is 12.0 Å². The maximum absolute atomic E-state index is 13.4. The van der Waals surface area contributed by atoms with Crippen molar-refractivity contribution in [2.24, 2.45) is 5.92 Å². The number of rotatable bonds is 5. The third-order valence-corrected chi connectivity index (χ3v) is 4.22. The van der Waals surface area contributed by atoms with Gasteiger partial charge in [0.25, 0.3) is 0 Å². The highest BCUT2D eigenvalue weighted by Gasteiger charge is 2.36. The summed E-state index contributed by atoms with van der Waals surface area (Å²) in [5.41, 5.74) is -0.531. The Bertz CT molecular complexity index is 470. The Labute approximate surface area is 122 Å². The van der Waals surface area contributed by atoms with Gasteiger partial charge in [0.1, 0.15) is 5.82 Å². The molecule has 0 spiro atoms. The Hall–Kier alpha value is -1.10. The molecule has 21 heavy (non-hydrogen) atoms. The lowest BCUT2D eigenvalue weighted by atomic mass is 9.88. The Morgan fingerprint density at radius 2 is 2.00 bits per heavy atom. The highest BCUT2D eigenvalue weighted by atomic mass is 19.4. The molecule has 2 unspecified atom stereocenters. The zero-order valence-corrected chi connectivity index (χ0v) is 12.1. The van der Waals surface area contributed by atoms with Gasteiger partial charge >= 0.3 is 6.18 Å². The van der Waals surface area contributed by atoms with Crippen molar-refractivity contribution in [2.75, 3.05) is 13.1 Å². The highest BCUT2D eigenvalue weighted by Crippen LogP contribution is 2.41. The fraction of sp³-hybridized carbons (Fsp3) is 0.625. The lowest BCUT2D eigenvalue weighted by Gasteiger charge is -2.21. The molecule has 1 nitrogen and oxygen atoms in total. The number of nitrogens with one attached hydrogen (secondary N) is 1. The van der Waals surface area contributed by atoms with Gasteiger partial charge in [-0.15, -0.1) is 0 Å². The molecule has 2 atom stereocenters. The molecule has 1 N–H and O–H groups in total. The zero-order valence-electron chi connectivity index (χ0n) is 12.1. The Morgan fingerprint density at radius 3 is 2.67 bits per heavy atom. The van der Waals surface area contributed by atoms with Crippen molar-refractivity contribution in [1.82, 2.24) is 5.32 Å². The molecule has 1 aromatic carbocycles. The second-order valence-corrected chi connectivity index (χ2v) is 5.74. The molecule has 5 heteroatoms. The van der Waals surface area contributed by atoms with E-state index in [1.807, 2.05) is 0 Å². The summed E-state index contributed by atoms with van der Waals surface area (Å²) >= 11 is 0. The molecule has 118 valence electrons. The predicted octanol–water partition coefficient (Wildman–Crippen LogP) is 4.73. The van der Waals surface area contributed by atoms with Crippen LogP contribution in [-0.2, 0) is 6.18 Å². The van der Waals surface area contributed by atoms with Gasteiger partial charge in [0.05, 0.1) is 5.56 Å². The van der Waals surface area contributed by atoms with Gasteiger partial charge in [-0.05, 0) is 61.9 Å². The summed E-state index contributed by atoms with van der Waals surface area (Å²) in [6.07, 6.45) is -0.690. The maximum Gasteiger partial charge on any atom is 0.419 e. The lowest BCUT2D eigenvalue weighted by molar-refractivity contribution is -0.140. The lowest BCUT2D eigenvalue weighted by Crippen LogP contribution is -2.25. The first-order valence-corrected chi connectivity index (χ1v) is 7.50. The van der Waals surface area contributed by atoms with Crippen molar-refractivity contribution in [2.45, 2.75) is 44.7 Å². The normalized spacial score (nSPS) is 22.7. The van der Waals surface area contributed by atoms with E-state index in [1.54, 1.807) is 0 Å². The van der Waals surface area contributed by atoms with Gasteiger partial charge in [-0.2, -0.15) is 13.2 Å². The summed E-state index contributed by atoms with van der Waals surface area (Å²) in [5, 5.41) is 3.34. The smallest absolute Gasteiger partial charge is 0.316 e. The predicted molar refractivity (Wildman–Crippen MR) is 74.6 cm³/mol. The largest absolute Gasteiger partial charge is 0.419 e. The summed E-state index contributed by atoms with van der Waals surface area (Å²) in [7, 11) is 0. The first-order valence-electron chi connectivity index (χ1n) is 7.50. The molecule has 0 amide bonds. The molecule has 1 aliphatic carbocycles. The van der Waals surface area contributed by atoms with Crippen LogP contribution in [0, 0.1) is 11.7 Å². The molecular weight excluding hydrogens is 282 g/mol. The average Bonchev–Trinajstić information content (AvgIpc) is 2.87. The van der Waals surface area contributed by atoms with Gasteiger partial charge in [0, 0.05) is 0 Å². The molecule has 0 aromatic heterocycles. The third kappa shape index (κ3) is 3.96. The molecule has 0 saturated heterocycles. The van der Waals surface area contributed by atoms with Gasteiger partial charge in [-0.25, -0.2) is 4.39 Å². The Kier molecular flexibility index (Phi) is 5.25. The SMILES string of the molecule is CCCNCC1CCCC1c1ccc(F)c(C(F)(F)F)c1. The van der Waals surface area contributed by atoms with Crippen LogP contribution in [0.1, 0.15) is 49.7 Å². The van der Waals surface area contributed by atoms with Crippen LogP contribution < -0.4 is 5.32 Å². The molecule has 0 aliphatic heterocycles. The van der Waals surface area contributed by atoms with Crippen molar-refractivity contribution in [3.05, 3.63) is 35.1 Å². The van der Waals surface area contributed by atoms with Gasteiger partial charge < -0.3 is 5.32 Å². The number of alkyl halides is 3. The summed E-state index contributed by atoms with van der Waals surface area (Å²) < 4.78 is 51.8. The molecule has 1 saturated carbocycles. The van der Waals surface area contributed by atoms with Crippen molar-refractivity contribution in [3.8, 4) is 0 Å². The van der Waals surface area contributed by atoms with Crippen LogP contribution in [0.3, 0.4) is 0 Å². The summed E-state index contributed by atoms with van der Waals surface area (Å²) in [6, 6.07) is 3.46. The van der Waals surface area contributed by atoms with E-state index >= 15 is 0 Å². The van der Waals surface area contributed by atoms with E-state index in [-0.39, 0.29) is 5.92 Å². The van der Waals surface area contributed by atoms with Crippen molar-refractivity contribution in [3.63, 3.8) is 0 Å². The fourth-order valence-electron chi connectivity index (χ4n) is 3.17. The first-order chi connectivity index (χ1) is 9.93. The number of halogens is 4. The van der Waals surface area contributed by atoms with Gasteiger partial charge in [-0.1, -0.05) is 19.4 Å². The molecule has 0 radical (unpaired) electrons. The van der Waals surface area contributed by atoms with E-state index in [4.69, 9.17) is 0 Å². The Balaban J connectivity index is 2.17. The number of hydrogen-bond acceptors (Lipinski definition) is 1. The zero-order chi connectivity index (χ0) is 15.5. The van der Waals surface area contributed by atoms with Crippen molar-refractivity contribution >= 4 is 0 Å². The van der Waals surface area contributed by atoms with Crippen LogP contribution in [0.2, 0.25) is 0 Å². The van der Waals surface area contributed by atoms with Crippen LogP contribution in [0.4, 0.5) is 17.6 Å². The van der Waals surface area contributed by atoms with Crippen LogP contribution in [-0.4, -0.2) is 13.1 Å². The van der Waals surface area contributed by atoms with E-state index in [0.29, 0.717) is 11.5 Å². The number of hydrogen-bond donors (Lipinski definition) is 1. The van der Waals surface area contributed by atoms with Gasteiger partial charge in [0.15, 0.2) is 0 Å². The third-order valence-electron chi connectivity index (χ3n) is 4.22. The second-order valence-electron chi connectivity index (χ2n) is 5.74. The maximum atomic E-state index is 13.4. The fourth-order valence-corrected chi connectivity index (χ4v) is 3.17. The minimum Gasteiger partial charge on any atom is -0.316 e. The molecule has 1 fully saturated rings. The Morgan fingerprint density at radius 1 is 1.24 bits per heavy atom. The molecule has 1 aromatic rings. The minimum absolute atomic E-state index is 0.0936. The van der Waals surface area contributed by atoms with Crippen LogP contribution in [0.15, 0.2) is 18.2 Å². The van der Waals surface area contributed by atoms with E-state index < -0.39 is 17.6 Å². The van der Waals surface area contributed by atoms with Crippen molar-refractivity contribution in [1.29, 1.82) is 0 Å². The molecule has 1 aliphatic rings. The summed E-state index contributed by atoms with van der Waals surface area (Å²) in [5.74, 6) is -0.760. The van der Waals surface area contributed by atoms with E-state index in [9.17, 15) is 17.6 Å². The molecule has 0 bridgehead atoms. The standard InChI is InChI=1S/C16H21F4N/c1-2-8-21-10-12-4-3-5-13(12)11-6-7-15(17)14(9-11)16(18,19)20/h6-7,9,12-13,21H,2-5,8,10H2,1H3. The highest BCUT2D eigenvalue weighted by molar-refractivity contribution is 5.30. The van der Waals surface area contributed by atoms with Gasteiger partial charge in [0.2, 0.25) is 0 Å². The minimum atomic E-state index is -4.63. The van der Waals surface area contributed by atoms with Crippen LogP contribution in [0.25, 0.3) is 0 Å². The quantitative estimate of drug-likeness (QED) is 0.612. The van der Waals surface area contributed by atoms with Crippen LogP contribution >= 0.6 is 0 Å². The molecule has 0 heterocycles. The van der Waals surface area contributed by atoms with Gasteiger partial charge in [-0.3, -0.25) is 0 Å². The monoisotopic (exact) mass is 303 g/mol. The summed E-state index contributed by atoms with van der Waals surface area (Å²) in [6.45, 7) is 3.81. The van der Waals surface area contributed by atoms with Crippen LogP contribution in [0.5, 0.6) is 0 Å². The van der Waals surface area contributed by atoms with E-state index in [2.05, 4.69) is 12.2 Å². The second kappa shape index (κ2) is 6.77. The van der Waals surface area contributed by atoms with E-state index in [0.717, 1.165) is 50.9 Å². The number of benzene rings is 1. The molecule has 2 rings (SSSR count). The first kappa shape index (κ1) is 16.3. The summed E-state index contributed by atoms with van der Waals surface area (Å²) in [4.78, 5) is 0. The molecular formula is C16H21F4N.